The minimum atomic E-state index is -0.348. The van der Waals surface area contributed by atoms with E-state index in [1.54, 1.807) is 30.1 Å². The van der Waals surface area contributed by atoms with Crippen LogP contribution in [0.15, 0.2) is 47.1 Å². The van der Waals surface area contributed by atoms with E-state index in [2.05, 4.69) is 5.32 Å². The molecule has 0 spiro atoms. The molecular weight excluding hydrogens is 380 g/mol. The third-order valence-electron chi connectivity index (χ3n) is 4.30. The molecular formula is C20H18N2O5S. The van der Waals surface area contributed by atoms with Crippen LogP contribution in [0, 0.1) is 6.92 Å². The van der Waals surface area contributed by atoms with Crippen LogP contribution >= 0.6 is 11.3 Å². The number of amides is 2. The van der Waals surface area contributed by atoms with Crippen LogP contribution in [0.1, 0.15) is 31.4 Å². The number of benzene rings is 1. The second kappa shape index (κ2) is 7.40. The fraction of sp³-hybridized carbons (Fsp3) is 0.200. The zero-order chi connectivity index (χ0) is 19.7. The van der Waals surface area contributed by atoms with E-state index in [4.69, 9.17) is 13.9 Å². The topological polar surface area (TPSA) is 81.0 Å². The van der Waals surface area contributed by atoms with Crippen LogP contribution < -0.4 is 14.8 Å². The number of rotatable bonds is 5. The molecule has 0 unspecified atom stereocenters. The Morgan fingerprint density at radius 3 is 2.79 bits per heavy atom. The average molecular weight is 398 g/mol. The van der Waals surface area contributed by atoms with Gasteiger partial charge in [0.2, 0.25) is 6.79 Å². The highest BCUT2D eigenvalue weighted by Crippen LogP contribution is 2.33. The van der Waals surface area contributed by atoms with Crippen molar-refractivity contribution in [2.75, 3.05) is 19.2 Å². The number of nitrogens with one attached hydrogen (secondary N) is 1. The summed E-state index contributed by atoms with van der Waals surface area (Å²) in [4.78, 5) is 27.2. The quantitative estimate of drug-likeness (QED) is 0.705. The van der Waals surface area contributed by atoms with Gasteiger partial charge in [-0.05, 0) is 48.4 Å². The van der Waals surface area contributed by atoms with Crippen molar-refractivity contribution in [3.63, 3.8) is 0 Å². The highest BCUT2D eigenvalue weighted by Gasteiger charge is 2.20. The van der Waals surface area contributed by atoms with Crippen molar-refractivity contribution in [1.29, 1.82) is 0 Å². The molecule has 144 valence electrons. The Labute approximate surface area is 165 Å². The van der Waals surface area contributed by atoms with E-state index in [1.165, 1.54) is 17.6 Å². The first-order valence-electron chi connectivity index (χ1n) is 8.60. The van der Waals surface area contributed by atoms with Crippen molar-refractivity contribution in [2.45, 2.75) is 13.5 Å². The minimum absolute atomic E-state index is 0.112. The van der Waals surface area contributed by atoms with E-state index >= 15 is 0 Å². The van der Waals surface area contributed by atoms with E-state index < -0.39 is 0 Å². The van der Waals surface area contributed by atoms with E-state index in [0.717, 1.165) is 11.1 Å². The Kier molecular flexibility index (Phi) is 4.79. The van der Waals surface area contributed by atoms with E-state index in [-0.39, 0.29) is 24.4 Å². The van der Waals surface area contributed by atoms with Gasteiger partial charge in [0.1, 0.15) is 0 Å². The number of fused-ring (bicyclic) bond motifs is 1. The van der Waals surface area contributed by atoms with Crippen LogP contribution in [0.2, 0.25) is 0 Å². The van der Waals surface area contributed by atoms with Crippen molar-refractivity contribution in [3.05, 3.63) is 64.4 Å². The van der Waals surface area contributed by atoms with Gasteiger partial charge in [-0.25, -0.2) is 0 Å². The van der Waals surface area contributed by atoms with Crippen LogP contribution in [-0.2, 0) is 6.54 Å². The Morgan fingerprint density at radius 1 is 1.18 bits per heavy atom. The van der Waals surface area contributed by atoms with E-state index in [9.17, 15) is 9.59 Å². The molecule has 28 heavy (non-hydrogen) atoms. The van der Waals surface area contributed by atoms with Crippen molar-refractivity contribution in [3.8, 4) is 11.5 Å². The molecule has 1 N–H and O–H groups in total. The average Bonchev–Trinajstić information content (AvgIpc) is 3.41. The largest absolute Gasteiger partial charge is 0.459 e. The molecule has 0 aliphatic carbocycles. The lowest BCUT2D eigenvalue weighted by atomic mass is 10.2. The van der Waals surface area contributed by atoms with Crippen LogP contribution in [0.25, 0.3) is 0 Å². The summed E-state index contributed by atoms with van der Waals surface area (Å²) in [7, 11) is 1.74. The molecule has 4 rings (SSSR count). The lowest BCUT2D eigenvalue weighted by Crippen LogP contribution is -2.25. The molecule has 0 fully saturated rings. The number of carbonyl (C=O) groups excluding carboxylic acids is 2. The minimum Gasteiger partial charge on any atom is -0.459 e. The molecule has 0 atom stereocenters. The highest BCUT2D eigenvalue weighted by molar-refractivity contribution is 7.18. The summed E-state index contributed by atoms with van der Waals surface area (Å²) in [6, 6.07) is 10.6. The molecule has 2 aromatic heterocycles. The monoisotopic (exact) mass is 398 g/mol. The van der Waals surface area contributed by atoms with Gasteiger partial charge in [0.15, 0.2) is 17.3 Å². The third-order valence-corrected chi connectivity index (χ3v) is 5.44. The molecule has 3 aromatic rings. The maximum absolute atomic E-state index is 12.9. The fourth-order valence-electron chi connectivity index (χ4n) is 2.90. The Hall–Kier alpha value is -3.26. The van der Waals surface area contributed by atoms with Gasteiger partial charge in [-0.2, -0.15) is 0 Å². The van der Waals surface area contributed by atoms with Crippen molar-refractivity contribution in [2.24, 2.45) is 0 Å². The zero-order valence-corrected chi connectivity index (χ0v) is 16.2. The Balaban J connectivity index is 1.45. The second-order valence-corrected chi connectivity index (χ2v) is 7.46. The maximum Gasteiger partial charge on any atom is 0.291 e. The highest BCUT2D eigenvalue weighted by atomic mass is 32.1. The summed E-state index contributed by atoms with van der Waals surface area (Å²) in [5.74, 6) is 1.16. The smallest absolute Gasteiger partial charge is 0.291 e. The number of furan rings is 1. The van der Waals surface area contributed by atoms with E-state index in [1.807, 2.05) is 25.1 Å². The molecule has 1 aromatic carbocycles. The predicted molar refractivity (Wildman–Crippen MR) is 104 cm³/mol. The first-order chi connectivity index (χ1) is 13.5. The van der Waals surface area contributed by atoms with Gasteiger partial charge in [0, 0.05) is 13.6 Å². The molecule has 2 amide bonds. The number of thiophene rings is 1. The first-order valence-corrected chi connectivity index (χ1v) is 9.42. The summed E-state index contributed by atoms with van der Waals surface area (Å²) in [5, 5.41) is 3.36. The molecule has 0 radical (unpaired) electrons. The summed E-state index contributed by atoms with van der Waals surface area (Å²) in [5.41, 5.74) is 1.75. The first kappa shape index (κ1) is 18.1. The fourth-order valence-corrected chi connectivity index (χ4v) is 3.96. The summed E-state index contributed by atoms with van der Waals surface area (Å²) < 4.78 is 15.8. The molecule has 1 aliphatic heterocycles. The lowest BCUT2D eigenvalue weighted by molar-refractivity contribution is 0.0789. The van der Waals surface area contributed by atoms with Crippen LogP contribution in [-0.4, -0.2) is 30.6 Å². The molecule has 7 nitrogen and oxygen atoms in total. The molecule has 8 heteroatoms. The van der Waals surface area contributed by atoms with Gasteiger partial charge in [-0.15, -0.1) is 11.3 Å². The number of hydrogen-bond donors (Lipinski definition) is 1. The van der Waals surface area contributed by atoms with Gasteiger partial charge in [0.25, 0.3) is 11.8 Å². The summed E-state index contributed by atoms with van der Waals surface area (Å²) >= 11 is 1.24. The van der Waals surface area contributed by atoms with Crippen molar-refractivity contribution >= 4 is 28.2 Å². The molecule has 0 saturated heterocycles. The predicted octanol–water partition coefficient (Wildman–Crippen LogP) is 3.90. The number of anilines is 1. The van der Waals surface area contributed by atoms with Gasteiger partial charge in [-0.1, -0.05) is 6.07 Å². The summed E-state index contributed by atoms with van der Waals surface area (Å²) in [6.07, 6.45) is 1.44. The standard InChI is InChI=1S/C20H18N2O5S/c1-12-8-17(21-19(23)15-4-3-7-25-15)28-18(12)20(24)22(2)10-13-5-6-14-16(9-13)27-11-26-14/h3-9H,10-11H2,1-2H3,(H,21,23). The zero-order valence-electron chi connectivity index (χ0n) is 15.4. The molecule has 1 aliphatic rings. The molecule has 0 bridgehead atoms. The van der Waals surface area contributed by atoms with Gasteiger partial charge in [-0.3, -0.25) is 9.59 Å². The van der Waals surface area contributed by atoms with Crippen molar-refractivity contribution < 1.29 is 23.5 Å². The number of nitrogens with zero attached hydrogens (tertiary/aromatic N) is 1. The van der Waals surface area contributed by atoms with Gasteiger partial charge in [0.05, 0.1) is 16.1 Å². The van der Waals surface area contributed by atoms with Crippen molar-refractivity contribution in [1.82, 2.24) is 4.90 Å². The van der Waals surface area contributed by atoms with Gasteiger partial charge >= 0.3 is 0 Å². The Bertz CT molecular complexity index is 1030. The SMILES string of the molecule is Cc1cc(NC(=O)c2ccco2)sc1C(=O)N(C)Cc1ccc2c(c1)OCO2. The van der Waals surface area contributed by atoms with Gasteiger partial charge < -0.3 is 24.1 Å². The third kappa shape index (κ3) is 3.59. The lowest BCUT2D eigenvalue weighted by Gasteiger charge is -2.17. The van der Waals surface area contributed by atoms with Crippen LogP contribution in [0.4, 0.5) is 5.00 Å². The normalized spacial score (nSPS) is 12.1. The Morgan fingerprint density at radius 2 is 2.00 bits per heavy atom. The van der Waals surface area contributed by atoms with E-state index in [0.29, 0.717) is 27.9 Å². The molecule has 3 heterocycles. The number of hydrogen-bond acceptors (Lipinski definition) is 6. The number of carbonyl (C=O) groups is 2. The number of ether oxygens (including phenoxy) is 2. The van der Waals surface area contributed by atoms with Crippen LogP contribution in [0.5, 0.6) is 11.5 Å². The molecule has 0 saturated carbocycles. The second-order valence-electron chi connectivity index (χ2n) is 6.40. The van der Waals surface area contributed by atoms with Crippen LogP contribution in [0.3, 0.4) is 0 Å². The maximum atomic E-state index is 12.9. The number of aryl methyl sites for hydroxylation is 1. The summed E-state index contributed by atoms with van der Waals surface area (Å²) in [6.45, 7) is 2.50.